The molecule has 0 fully saturated rings. The van der Waals surface area contributed by atoms with Crippen LogP contribution in [0.2, 0.25) is 5.02 Å². The first-order valence-corrected chi connectivity index (χ1v) is 4.52. The molecule has 1 rings (SSSR count). The molecule has 0 heterocycles. The van der Waals surface area contributed by atoms with Gasteiger partial charge in [-0.05, 0) is 19.1 Å². The number of hydrogen-bond acceptors (Lipinski definition) is 2. The Hall–Kier alpha value is -1.36. The highest BCUT2D eigenvalue weighted by atomic mass is 35.5. The fraction of sp³-hybridized carbons (Fsp3) is 0.200. The molecule has 0 aliphatic rings. The fourth-order valence-corrected chi connectivity index (χ4v) is 1.49. The molecule has 6 heteroatoms. The molecular formula is C10H6ClF3O2. The zero-order chi connectivity index (χ0) is 12.5. The minimum atomic E-state index is -4.72. The Kier molecular flexibility index (Phi) is 3.38. The molecule has 0 amide bonds. The van der Waals surface area contributed by atoms with Gasteiger partial charge in [-0.15, -0.1) is 0 Å². The van der Waals surface area contributed by atoms with Crippen molar-refractivity contribution in [2.24, 2.45) is 0 Å². The second-order valence-electron chi connectivity index (χ2n) is 3.09. The molecule has 0 saturated carbocycles. The van der Waals surface area contributed by atoms with E-state index in [4.69, 9.17) is 11.6 Å². The van der Waals surface area contributed by atoms with E-state index < -0.39 is 23.1 Å². The Morgan fingerprint density at radius 1 is 1.38 bits per heavy atom. The van der Waals surface area contributed by atoms with Crippen LogP contribution in [0.5, 0.6) is 0 Å². The molecule has 0 atom stereocenters. The molecule has 0 bridgehead atoms. The van der Waals surface area contributed by atoms with Gasteiger partial charge in [0.15, 0.2) is 12.1 Å². The molecule has 0 saturated heterocycles. The average molecular weight is 251 g/mol. The van der Waals surface area contributed by atoms with E-state index in [9.17, 15) is 22.8 Å². The highest BCUT2D eigenvalue weighted by Crippen LogP contribution is 2.34. The highest BCUT2D eigenvalue weighted by molar-refractivity contribution is 6.31. The molecule has 0 radical (unpaired) electrons. The van der Waals surface area contributed by atoms with Crippen LogP contribution >= 0.6 is 11.6 Å². The molecule has 0 aromatic heterocycles. The summed E-state index contributed by atoms with van der Waals surface area (Å²) in [6.07, 6.45) is -4.71. The van der Waals surface area contributed by atoms with E-state index in [1.807, 2.05) is 0 Å². The summed E-state index contributed by atoms with van der Waals surface area (Å²) in [4.78, 5) is 21.7. The average Bonchev–Trinajstić information content (AvgIpc) is 2.14. The summed E-state index contributed by atoms with van der Waals surface area (Å²) in [7, 11) is 0. The van der Waals surface area contributed by atoms with E-state index in [0.717, 1.165) is 13.0 Å². The van der Waals surface area contributed by atoms with Gasteiger partial charge in [0.05, 0.1) is 5.56 Å². The quantitative estimate of drug-likeness (QED) is 0.596. The van der Waals surface area contributed by atoms with Crippen molar-refractivity contribution in [3.63, 3.8) is 0 Å². The van der Waals surface area contributed by atoms with Gasteiger partial charge in [-0.1, -0.05) is 11.6 Å². The van der Waals surface area contributed by atoms with Gasteiger partial charge in [-0.25, -0.2) is 0 Å². The lowest BCUT2D eigenvalue weighted by Crippen LogP contribution is -2.12. The van der Waals surface area contributed by atoms with Crippen molar-refractivity contribution in [2.75, 3.05) is 0 Å². The van der Waals surface area contributed by atoms with Crippen LogP contribution < -0.4 is 0 Å². The molecule has 0 unspecified atom stereocenters. The van der Waals surface area contributed by atoms with Crippen LogP contribution in [0.15, 0.2) is 12.1 Å². The number of carbonyl (C=O) groups excluding carboxylic acids is 2. The molecule has 16 heavy (non-hydrogen) atoms. The van der Waals surface area contributed by atoms with Gasteiger partial charge in [0.1, 0.15) is 0 Å². The number of ketones is 1. The third-order valence-electron chi connectivity index (χ3n) is 1.95. The van der Waals surface area contributed by atoms with Crippen molar-refractivity contribution in [2.45, 2.75) is 13.1 Å². The van der Waals surface area contributed by atoms with Crippen LogP contribution in [0.1, 0.15) is 33.2 Å². The molecule has 2 nitrogen and oxygen atoms in total. The minimum Gasteiger partial charge on any atom is -0.298 e. The summed E-state index contributed by atoms with van der Waals surface area (Å²) in [6, 6.07) is 1.67. The topological polar surface area (TPSA) is 34.1 Å². The summed E-state index contributed by atoms with van der Waals surface area (Å²) in [5.74, 6) is -0.643. The van der Waals surface area contributed by atoms with E-state index in [0.29, 0.717) is 6.07 Å². The van der Waals surface area contributed by atoms with E-state index >= 15 is 0 Å². The van der Waals surface area contributed by atoms with Crippen molar-refractivity contribution in [1.29, 1.82) is 0 Å². The number of carbonyl (C=O) groups is 2. The van der Waals surface area contributed by atoms with Gasteiger partial charge in [-0.2, -0.15) is 13.2 Å². The number of rotatable bonds is 2. The molecule has 0 spiro atoms. The number of alkyl halides is 3. The van der Waals surface area contributed by atoms with Gasteiger partial charge in [0, 0.05) is 16.1 Å². The van der Waals surface area contributed by atoms with Crippen molar-refractivity contribution in [3.8, 4) is 0 Å². The van der Waals surface area contributed by atoms with Gasteiger partial charge in [-0.3, -0.25) is 9.59 Å². The lowest BCUT2D eigenvalue weighted by molar-refractivity contribution is -0.137. The number of halogens is 4. The monoisotopic (exact) mass is 250 g/mol. The first kappa shape index (κ1) is 12.7. The maximum Gasteiger partial charge on any atom is 0.417 e. The maximum absolute atomic E-state index is 12.5. The van der Waals surface area contributed by atoms with E-state index in [1.165, 1.54) is 0 Å². The van der Waals surface area contributed by atoms with Gasteiger partial charge < -0.3 is 0 Å². The summed E-state index contributed by atoms with van der Waals surface area (Å²) in [5.41, 5.74) is -2.19. The number of benzene rings is 1. The van der Waals surface area contributed by atoms with Gasteiger partial charge in [0.2, 0.25) is 0 Å². The largest absolute Gasteiger partial charge is 0.417 e. The first-order chi connectivity index (χ1) is 7.27. The Labute approximate surface area is 94.0 Å². The molecule has 86 valence electrons. The molecule has 0 N–H and O–H groups in total. The van der Waals surface area contributed by atoms with Crippen LogP contribution in [0.3, 0.4) is 0 Å². The molecule has 1 aromatic rings. The third kappa shape index (κ3) is 2.41. The van der Waals surface area contributed by atoms with Gasteiger partial charge >= 0.3 is 6.18 Å². The smallest absolute Gasteiger partial charge is 0.298 e. The van der Waals surface area contributed by atoms with E-state index in [-0.39, 0.29) is 16.9 Å². The number of Topliss-reactive ketones (excluding diaryl/α,β-unsaturated/α-hetero) is 1. The Morgan fingerprint density at radius 2 is 1.94 bits per heavy atom. The molecular weight excluding hydrogens is 245 g/mol. The molecule has 0 aliphatic carbocycles. The first-order valence-electron chi connectivity index (χ1n) is 4.14. The highest BCUT2D eigenvalue weighted by Gasteiger charge is 2.35. The maximum atomic E-state index is 12.5. The van der Waals surface area contributed by atoms with Crippen molar-refractivity contribution < 1.29 is 22.8 Å². The second-order valence-corrected chi connectivity index (χ2v) is 3.52. The third-order valence-corrected chi connectivity index (χ3v) is 2.17. The lowest BCUT2D eigenvalue weighted by atomic mass is 9.99. The number of hydrogen-bond donors (Lipinski definition) is 0. The van der Waals surface area contributed by atoms with Crippen LogP contribution in [0, 0.1) is 0 Å². The molecule has 1 aromatic carbocycles. The van der Waals surface area contributed by atoms with Crippen molar-refractivity contribution >= 4 is 23.7 Å². The Morgan fingerprint density at radius 3 is 2.31 bits per heavy atom. The Balaban J connectivity index is 3.61. The SMILES string of the molecule is CC(=O)c1cc(Cl)cc(C(F)(F)F)c1C=O. The Bertz CT molecular complexity index is 452. The van der Waals surface area contributed by atoms with Crippen LogP contribution in [-0.4, -0.2) is 12.1 Å². The standard InChI is InChI=1S/C10H6ClF3O2/c1-5(16)7-2-6(11)3-9(8(7)4-15)10(12,13)14/h2-4H,1H3. The second kappa shape index (κ2) is 4.25. The van der Waals surface area contributed by atoms with Gasteiger partial charge in [0.25, 0.3) is 0 Å². The predicted molar refractivity (Wildman–Crippen MR) is 51.8 cm³/mol. The van der Waals surface area contributed by atoms with Crippen LogP contribution in [0.4, 0.5) is 13.2 Å². The number of aldehydes is 1. The lowest BCUT2D eigenvalue weighted by Gasteiger charge is -2.12. The van der Waals surface area contributed by atoms with Crippen LogP contribution in [0.25, 0.3) is 0 Å². The fourth-order valence-electron chi connectivity index (χ4n) is 1.27. The minimum absolute atomic E-state index is 0.00981. The normalized spacial score (nSPS) is 11.3. The van der Waals surface area contributed by atoms with Crippen molar-refractivity contribution in [3.05, 3.63) is 33.8 Å². The summed E-state index contributed by atoms with van der Waals surface area (Å²) in [5, 5.41) is -0.233. The van der Waals surface area contributed by atoms with E-state index in [2.05, 4.69) is 0 Å². The summed E-state index contributed by atoms with van der Waals surface area (Å²) < 4.78 is 37.6. The zero-order valence-corrected chi connectivity index (χ0v) is 8.82. The summed E-state index contributed by atoms with van der Waals surface area (Å²) in [6.45, 7) is 1.07. The van der Waals surface area contributed by atoms with Crippen LogP contribution in [-0.2, 0) is 6.18 Å². The zero-order valence-electron chi connectivity index (χ0n) is 8.06. The van der Waals surface area contributed by atoms with E-state index in [1.54, 1.807) is 0 Å². The predicted octanol–water partition coefficient (Wildman–Crippen LogP) is 3.37. The summed E-state index contributed by atoms with van der Waals surface area (Å²) >= 11 is 5.46. The molecule has 0 aliphatic heterocycles. The van der Waals surface area contributed by atoms with Crippen molar-refractivity contribution in [1.82, 2.24) is 0 Å².